The second kappa shape index (κ2) is 4.09. The lowest BCUT2D eigenvalue weighted by Gasteiger charge is -2.03. The number of nitrogens with one attached hydrogen (secondary N) is 1. The number of rotatable bonds is 4. The fraction of sp³-hybridized carbons (Fsp3) is 0.375. The molecule has 0 aliphatic heterocycles. The minimum atomic E-state index is 0.389. The van der Waals surface area contributed by atoms with Gasteiger partial charge in [-0.2, -0.15) is 4.73 Å². The molecule has 0 unspecified atom stereocenters. The first-order valence-corrected chi connectivity index (χ1v) is 4.64. The Bertz CT molecular complexity index is 453. The number of hydrogen-bond donors (Lipinski definition) is 3. The number of aromatic nitrogens is 4. The van der Waals surface area contributed by atoms with E-state index in [1.807, 2.05) is 0 Å². The lowest BCUT2D eigenvalue weighted by atomic mass is 10.4. The summed E-state index contributed by atoms with van der Waals surface area (Å²) in [6.45, 7) is 1.34. The maximum atomic E-state index is 9.32. The highest BCUT2D eigenvalue weighted by Crippen LogP contribution is 2.15. The summed E-state index contributed by atoms with van der Waals surface area (Å²) < 4.78 is 0.866. The van der Waals surface area contributed by atoms with E-state index in [1.54, 1.807) is 0 Å². The van der Waals surface area contributed by atoms with E-state index < -0.39 is 0 Å². The van der Waals surface area contributed by atoms with Crippen molar-refractivity contribution in [3.05, 3.63) is 12.7 Å². The van der Waals surface area contributed by atoms with E-state index in [2.05, 4.69) is 20.3 Å². The van der Waals surface area contributed by atoms with Gasteiger partial charge >= 0.3 is 0 Å². The van der Waals surface area contributed by atoms with Crippen molar-refractivity contribution in [2.24, 2.45) is 5.73 Å². The molecule has 2 aromatic rings. The van der Waals surface area contributed by atoms with Crippen molar-refractivity contribution in [3.8, 4) is 0 Å². The van der Waals surface area contributed by atoms with E-state index >= 15 is 0 Å². The quantitative estimate of drug-likeness (QED) is 0.476. The topological polar surface area (TPSA) is 102 Å². The van der Waals surface area contributed by atoms with Crippen molar-refractivity contribution in [3.63, 3.8) is 0 Å². The standard InChI is InChI=1S/C8H12N6O/c9-2-1-3-10-7-6-8(12-4-11-7)14(15)5-13-6/h4-5,15H,1-3,9H2,(H,10,11,12). The molecular formula is C8H12N6O. The molecular weight excluding hydrogens is 196 g/mol. The molecule has 0 aliphatic carbocycles. The van der Waals surface area contributed by atoms with Gasteiger partial charge in [-0.3, -0.25) is 0 Å². The Balaban J connectivity index is 2.26. The lowest BCUT2D eigenvalue weighted by Crippen LogP contribution is -2.09. The number of imidazole rings is 1. The molecule has 80 valence electrons. The number of nitrogens with zero attached hydrogens (tertiary/aromatic N) is 4. The van der Waals surface area contributed by atoms with Crippen molar-refractivity contribution in [1.82, 2.24) is 19.7 Å². The van der Waals surface area contributed by atoms with Crippen LogP contribution >= 0.6 is 0 Å². The van der Waals surface area contributed by atoms with Crippen molar-refractivity contribution < 1.29 is 5.21 Å². The summed E-state index contributed by atoms with van der Waals surface area (Å²) in [6.07, 6.45) is 3.51. The van der Waals surface area contributed by atoms with Crippen LogP contribution in [0.5, 0.6) is 0 Å². The fourth-order valence-corrected chi connectivity index (χ4v) is 1.26. The van der Waals surface area contributed by atoms with Crippen LogP contribution in [0.1, 0.15) is 6.42 Å². The predicted octanol–water partition coefficient (Wildman–Crippen LogP) is -0.176. The average Bonchev–Trinajstić information content (AvgIpc) is 2.62. The molecule has 2 heterocycles. The van der Waals surface area contributed by atoms with Gasteiger partial charge in [-0.05, 0) is 13.0 Å². The zero-order valence-corrected chi connectivity index (χ0v) is 8.09. The van der Waals surface area contributed by atoms with Gasteiger partial charge in [-0.15, -0.1) is 0 Å². The fourth-order valence-electron chi connectivity index (χ4n) is 1.26. The van der Waals surface area contributed by atoms with Crippen LogP contribution in [0.3, 0.4) is 0 Å². The van der Waals surface area contributed by atoms with Crippen LogP contribution in [0.15, 0.2) is 12.7 Å². The molecule has 0 radical (unpaired) electrons. The first-order chi connectivity index (χ1) is 7.33. The number of hydrogen-bond acceptors (Lipinski definition) is 6. The summed E-state index contributed by atoms with van der Waals surface area (Å²) in [4.78, 5) is 11.9. The summed E-state index contributed by atoms with van der Waals surface area (Å²) in [5.41, 5.74) is 6.32. The van der Waals surface area contributed by atoms with Crippen molar-refractivity contribution in [1.29, 1.82) is 0 Å². The molecule has 0 saturated heterocycles. The van der Waals surface area contributed by atoms with E-state index in [-0.39, 0.29) is 0 Å². The third-order valence-electron chi connectivity index (χ3n) is 1.99. The molecule has 2 rings (SSSR count). The van der Waals surface area contributed by atoms with Crippen LogP contribution in [0.2, 0.25) is 0 Å². The molecule has 0 bridgehead atoms. The van der Waals surface area contributed by atoms with Crippen LogP contribution in [0, 0.1) is 0 Å². The predicted molar refractivity (Wildman–Crippen MR) is 54.7 cm³/mol. The van der Waals surface area contributed by atoms with Crippen LogP contribution in [-0.4, -0.2) is 38.0 Å². The number of fused-ring (bicyclic) bond motifs is 1. The van der Waals surface area contributed by atoms with E-state index in [9.17, 15) is 5.21 Å². The van der Waals surface area contributed by atoms with Gasteiger partial charge in [-0.25, -0.2) is 15.0 Å². The van der Waals surface area contributed by atoms with Crippen LogP contribution in [0.4, 0.5) is 5.82 Å². The average molecular weight is 208 g/mol. The minimum Gasteiger partial charge on any atom is -0.425 e. The SMILES string of the molecule is NCCCNc1ncnc2c1ncn2O. The summed E-state index contributed by atoms with van der Waals surface area (Å²) in [6, 6.07) is 0. The zero-order valence-electron chi connectivity index (χ0n) is 8.09. The highest BCUT2D eigenvalue weighted by atomic mass is 16.5. The Labute approximate surface area is 85.9 Å². The van der Waals surface area contributed by atoms with Gasteiger partial charge in [0.1, 0.15) is 12.7 Å². The first-order valence-electron chi connectivity index (χ1n) is 4.64. The zero-order chi connectivity index (χ0) is 10.7. The molecule has 15 heavy (non-hydrogen) atoms. The normalized spacial score (nSPS) is 10.7. The van der Waals surface area contributed by atoms with E-state index in [0.29, 0.717) is 23.5 Å². The maximum Gasteiger partial charge on any atom is 0.200 e. The van der Waals surface area contributed by atoms with Crippen LogP contribution in [-0.2, 0) is 0 Å². The molecule has 0 saturated carbocycles. The maximum absolute atomic E-state index is 9.32. The van der Waals surface area contributed by atoms with Crippen LogP contribution in [0.25, 0.3) is 11.2 Å². The van der Waals surface area contributed by atoms with Crippen molar-refractivity contribution >= 4 is 17.0 Å². The van der Waals surface area contributed by atoms with Gasteiger partial charge in [0.15, 0.2) is 11.3 Å². The first kappa shape index (κ1) is 9.66. The highest BCUT2D eigenvalue weighted by Gasteiger charge is 2.08. The Morgan fingerprint density at radius 2 is 2.27 bits per heavy atom. The largest absolute Gasteiger partial charge is 0.425 e. The summed E-state index contributed by atoms with van der Waals surface area (Å²) in [5.74, 6) is 0.612. The second-order valence-corrected chi connectivity index (χ2v) is 3.05. The van der Waals surface area contributed by atoms with Gasteiger partial charge in [0.05, 0.1) is 0 Å². The summed E-state index contributed by atoms with van der Waals surface area (Å²) in [7, 11) is 0. The van der Waals surface area contributed by atoms with Gasteiger partial charge in [0, 0.05) is 6.54 Å². The van der Waals surface area contributed by atoms with Gasteiger partial charge in [-0.1, -0.05) is 0 Å². The molecule has 0 aliphatic rings. The summed E-state index contributed by atoms with van der Waals surface area (Å²) in [5, 5.41) is 12.4. The summed E-state index contributed by atoms with van der Waals surface area (Å²) >= 11 is 0. The Hall–Kier alpha value is -1.89. The molecule has 2 aromatic heterocycles. The minimum absolute atomic E-state index is 0.389. The molecule has 0 atom stereocenters. The monoisotopic (exact) mass is 208 g/mol. The lowest BCUT2D eigenvalue weighted by molar-refractivity contribution is 0.196. The molecule has 4 N–H and O–H groups in total. The Kier molecular flexibility index (Phi) is 2.64. The molecule has 0 fully saturated rings. The highest BCUT2D eigenvalue weighted by molar-refractivity contribution is 5.82. The van der Waals surface area contributed by atoms with Gasteiger partial charge in [0.25, 0.3) is 0 Å². The van der Waals surface area contributed by atoms with Crippen LogP contribution < -0.4 is 11.1 Å². The van der Waals surface area contributed by atoms with E-state index in [1.165, 1.54) is 12.7 Å². The molecule has 0 amide bonds. The third kappa shape index (κ3) is 1.82. The van der Waals surface area contributed by atoms with E-state index in [0.717, 1.165) is 17.7 Å². The second-order valence-electron chi connectivity index (χ2n) is 3.05. The smallest absolute Gasteiger partial charge is 0.200 e. The van der Waals surface area contributed by atoms with Crippen molar-refractivity contribution in [2.45, 2.75) is 6.42 Å². The Morgan fingerprint density at radius 3 is 3.07 bits per heavy atom. The third-order valence-corrected chi connectivity index (χ3v) is 1.99. The van der Waals surface area contributed by atoms with Gasteiger partial charge < -0.3 is 16.3 Å². The number of nitrogens with two attached hydrogens (primary N) is 1. The van der Waals surface area contributed by atoms with E-state index in [4.69, 9.17) is 5.73 Å². The molecule has 0 spiro atoms. The van der Waals surface area contributed by atoms with Gasteiger partial charge in [0.2, 0.25) is 5.65 Å². The molecule has 7 nitrogen and oxygen atoms in total. The molecule has 0 aromatic carbocycles. The van der Waals surface area contributed by atoms with Crippen molar-refractivity contribution in [2.75, 3.05) is 18.4 Å². The Morgan fingerprint density at radius 1 is 1.40 bits per heavy atom. The molecule has 7 heteroatoms. The number of anilines is 1.